The van der Waals surface area contributed by atoms with Crippen LogP contribution >= 0.6 is 0 Å². The van der Waals surface area contributed by atoms with Gasteiger partial charge in [0, 0.05) is 5.92 Å². The van der Waals surface area contributed by atoms with E-state index in [4.69, 9.17) is 14.2 Å². The molecule has 2 atom stereocenters. The number of rotatable bonds is 4. The molecule has 2 aromatic rings. The highest BCUT2D eigenvalue weighted by atomic mass is 16.7. The fraction of sp³-hybridized carbons (Fsp3) is 0.278. The van der Waals surface area contributed by atoms with E-state index in [0.29, 0.717) is 5.92 Å². The van der Waals surface area contributed by atoms with E-state index >= 15 is 0 Å². The van der Waals surface area contributed by atoms with Gasteiger partial charge < -0.3 is 19.4 Å². The predicted octanol–water partition coefficient (Wildman–Crippen LogP) is 3.41. The van der Waals surface area contributed by atoms with Crippen LogP contribution in [-0.4, -0.2) is 24.8 Å². The van der Waals surface area contributed by atoms with Gasteiger partial charge in [-0.1, -0.05) is 11.2 Å². The lowest BCUT2D eigenvalue weighted by atomic mass is 10.0. The molecule has 0 radical (unpaired) electrons. The zero-order chi connectivity index (χ0) is 15.8. The van der Waals surface area contributed by atoms with Gasteiger partial charge in [0.15, 0.2) is 11.5 Å². The summed E-state index contributed by atoms with van der Waals surface area (Å²) in [5, 5.41) is 13.0. The van der Waals surface area contributed by atoms with Crippen LogP contribution in [-0.2, 0) is 0 Å². The molecule has 2 aromatic carbocycles. The van der Waals surface area contributed by atoms with Crippen molar-refractivity contribution in [3.05, 3.63) is 53.6 Å². The summed E-state index contributed by atoms with van der Waals surface area (Å²) < 4.78 is 15.9. The molecule has 2 aliphatic rings. The molecule has 0 amide bonds. The van der Waals surface area contributed by atoms with Crippen molar-refractivity contribution in [1.82, 2.24) is 0 Å². The Morgan fingerprint density at radius 3 is 2.65 bits per heavy atom. The van der Waals surface area contributed by atoms with Crippen molar-refractivity contribution >= 4 is 5.71 Å². The van der Waals surface area contributed by atoms with Gasteiger partial charge in [-0.25, -0.2) is 0 Å². The highest BCUT2D eigenvalue weighted by molar-refractivity contribution is 6.04. The quantitative estimate of drug-likeness (QED) is 0.534. The Hall–Kier alpha value is -2.69. The summed E-state index contributed by atoms with van der Waals surface area (Å²) in [5.41, 5.74) is 2.82. The van der Waals surface area contributed by atoms with E-state index in [-0.39, 0.29) is 12.7 Å². The fourth-order valence-electron chi connectivity index (χ4n) is 3.12. The van der Waals surface area contributed by atoms with Crippen LogP contribution in [0.15, 0.2) is 47.6 Å². The predicted molar refractivity (Wildman–Crippen MR) is 84.7 cm³/mol. The van der Waals surface area contributed by atoms with E-state index in [1.807, 2.05) is 36.4 Å². The maximum atomic E-state index is 9.45. The number of hydrogen-bond donors (Lipinski definition) is 1. The third-order valence-electron chi connectivity index (χ3n) is 4.46. The highest BCUT2D eigenvalue weighted by Crippen LogP contribution is 2.51. The molecule has 1 aliphatic heterocycles. The molecule has 1 heterocycles. The molecule has 0 spiro atoms. The van der Waals surface area contributed by atoms with E-state index in [1.165, 1.54) is 5.56 Å². The number of ether oxygens (including phenoxy) is 3. The number of methoxy groups -OCH3 is 1. The molecular weight excluding hydrogens is 294 g/mol. The molecule has 0 bridgehead atoms. The van der Waals surface area contributed by atoms with Gasteiger partial charge in [-0.15, -0.1) is 0 Å². The largest absolute Gasteiger partial charge is 0.497 e. The van der Waals surface area contributed by atoms with Crippen LogP contribution in [0.3, 0.4) is 0 Å². The lowest BCUT2D eigenvalue weighted by Gasteiger charge is -2.06. The summed E-state index contributed by atoms with van der Waals surface area (Å²) in [4.78, 5) is 0. The van der Waals surface area contributed by atoms with Gasteiger partial charge in [-0.3, -0.25) is 0 Å². The second kappa shape index (κ2) is 5.50. The normalized spacial score (nSPS) is 22.0. The van der Waals surface area contributed by atoms with Crippen molar-refractivity contribution in [3.8, 4) is 17.2 Å². The second-order valence-corrected chi connectivity index (χ2v) is 5.78. The first-order valence-electron chi connectivity index (χ1n) is 7.56. The molecule has 5 heteroatoms. The Morgan fingerprint density at radius 2 is 1.91 bits per heavy atom. The fourth-order valence-corrected chi connectivity index (χ4v) is 3.12. The van der Waals surface area contributed by atoms with Crippen LogP contribution < -0.4 is 14.2 Å². The maximum Gasteiger partial charge on any atom is 0.231 e. The Kier molecular flexibility index (Phi) is 3.33. The first-order valence-corrected chi connectivity index (χ1v) is 7.56. The van der Waals surface area contributed by atoms with Crippen LogP contribution in [0.1, 0.15) is 23.5 Å². The third kappa shape index (κ3) is 2.48. The molecule has 1 fully saturated rings. The van der Waals surface area contributed by atoms with Gasteiger partial charge in [0.2, 0.25) is 6.79 Å². The van der Waals surface area contributed by atoms with Crippen molar-refractivity contribution in [1.29, 1.82) is 0 Å². The minimum Gasteiger partial charge on any atom is -0.497 e. The van der Waals surface area contributed by atoms with Gasteiger partial charge >= 0.3 is 0 Å². The SMILES string of the molecule is COc1ccc(/C(=N/O)C2CC2c2ccc3c(c2)OCO3)cc1. The van der Waals surface area contributed by atoms with Gasteiger partial charge in [0.05, 0.1) is 12.8 Å². The average Bonchev–Trinajstić information content (AvgIpc) is 3.23. The van der Waals surface area contributed by atoms with Crippen LogP contribution in [0.2, 0.25) is 0 Å². The Balaban J connectivity index is 1.54. The highest BCUT2D eigenvalue weighted by Gasteiger charge is 2.43. The summed E-state index contributed by atoms with van der Waals surface area (Å²) in [6, 6.07) is 13.6. The van der Waals surface area contributed by atoms with E-state index in [9.17, 15) is 5.21 Å². The molecule has 118 valence electrons. The van der Waals surface area contributed by atoms with Gasteiger partial charge in [-0.05, 0) is 59.9 Å². The second-order valence-electron chi connectivity index (χ2n) is 5.78. The zero-order valence-corrected chi connectivity index (χ0v) is 12.7. The van der Waals surface area contributed by atoms with E-state index < -0.39 is 0 Å². The van der Waals surface area contributed by atoms with Crippen LogP contribution in [0.5, 0.6) is 17.2 Å². The molecule has 23 heavy (non-hydrogen) atoms. The molecular formula is C18H17NO4. The van der Waals surface area contributed by atoms with E-state index in [0.717, 1.165) is 34.9 Å². The standard InChI is InChI=1S/C18H17NO4/c1-21-13-5-2-11(3-6-13)18(19-20)15-9-14(15)12-4-7-16-17(8-12)23-10-22-16/h2-8,14-15,20H,9-10H2,1H3/b19-18-. The molecule has 5 nitrogen and oxygen atoms in total. The van der Waals surface area contributed by atoms with Gasteiger partial charge in [-0.2, -0.15) is 0 Å². The van der Waals surface area contributed by atoms with Crippen LogP contribution in [0, 0.1) is 5.92 Å². The van der Waals surface area contributed by atoms with Crippen molar-refractivity contribution < 1.29 is 19.4 Å². The third-order valence-corrected chi connectivity index (χ3v) is 4.46. The number of benzene rings is 2. The van der Waals surface area contributed by atoms with Crippen LogP contribution in [0.4, 0.5) is 0 Å². The lowest BCUT2D eigenvalue weighted by Crippen LogP contribution is -2.05. The zero-order valence-electron chi connectivity index (χ0n) is 12.7. The average molecular weight is 311 g/mol. The monoisotopic (exact) mass is 311 g/mol. The van der Waals surface area contributed by atoms with Crippen molar-refractivity contribution in [3.63, 3.8) is 0 Å². The first-order chi connectivity index (χ1) is 11.3. The van der Waals surface area contributed by atoms with E-state index in [1.54, 1.807) is 7.11 Å². The smallest absolute Gasteiger partial charge is 0.231 e. The Morgan fingerprint density at radius 1 is 1.13 bits per heavy atom. The van der Waals surface area contributed by atoms with Crippen molar-refractivity contribution in [2.45, 2.75) is 12.3 Å². The minimum atomic E-state index is 0.216. The molecule has 1 saturated carbocycles. The van der Waals surface area contributed by atoms with Gasteiger partial charge in [0.25, 0.3) is 0 Å². The van der Waals surface area contributed by atoms with Crippen molar-refractivity contribution in [2.75, 3.05) is 13.9 Å². The topological polar surface area (TPSA) is 60.3 Å². The first kappa shape index (κ1) is 13.9. The summed E-state index contributed by atoms with van der Waals surface area (Å²) in [5.74, 6) is 2.93. The Labute approximate surface area is 134 Å². The molecule has 4 rings (SSSR count). The van der Waals surface area contributed by atoms with Crippen molar-refractivity contribution in [2.24, 2.45) is 11.1 Å². The summed E-state index contributed by atoms with van der Waals surface area (Å²) >= 11 is 0. The van der Waals surface area contributed by atoms with E-state index in [2.05, 4.69) is 11.2 Å². The summed E-state index contributed by atoms with van der Waals surface area (Å²) in [7, 11) is 1.63. The van der Waals surface area contributed by atoms with Gasteiger partial charge in [0.1, 0.15) is 5.75 Å². The summed E-state index contributed by atoms with van der Waals surface area (Å²) in [6.45, 7) is 0.280. The number of oxime groups is 1. The number of hydrogen-bond acceptors (Lipinski definition) is 5. The molecule has 1 N–H and O–H groups in total. The number of fused-ring (bicyclic) bond motifs is 1. The summed E-state index contributed by atoms with van der Waals surface area (Å²) in [6.07, 6.45) is 0.963. The maximum absolute atomic E-state index is 9.45. The molecule has 0 saturated heterocycles. The minimum absolute atomic E-state index is 0.216. The van der Waals surface area contributed by atoms with Crippen LogP contribution in [0.25, 0.3) is 0 Å². The molecule has 1 aliphatic carbocycles. The molecule has 0 aromatic heterocycles. The Bertz CT molecular complexity index is 754. The number of nitrogens with zero attached hydrogens (tertiary/aromatic N) is 1. The molecule has 2 unspecified atom stereocenters. The lowest BCUT2D eigenvalue weighted by molar-refractivity contribution is 0.174.